The highest BCUT2D eigenvalue weighted by Crippen LogP contribution is 2.00. The van der Waals surface area contributed by atoms with Crippen molar-refractivity contribution >= 4 is 5.91 Å². The first-order valence-electron chi connectivity index (χ1n) is 6.88. The molecule has 0 saturated heterocycles. The van der Waals surface area contributed by atoms with Gasteiger partial charge in [0.1, 0.15) is 5.69 Å². The van der Waals surface area contributed by atoms with Crippen LogP contribution < -0.4 is 10.9 Å². The molecule has 0 bridgehead atoms. The number of amides is 1. The third-order valence-electron chi connectivity index (χ3n) is 3.11. The third kappa shape index (κ3) is 3.56. The highest BCUT2D eigenvalue weighted by Gasteiger charge is 2.09. The summed E-state index contributed by atoms with van der Waals surface area (Å²) in [4.78, 5) is 23.4. The van der Waals surface area contributed by atoms with Gasteiger partial charge in [0.2, 0.25) is 0 Å². The summed E-state index contributed by atoms with van der Waals surface area (Å²) in [5, 5.41) is 11.1. The van der Waals surface area contributed by atoms with E-state index in [1.165, 1.54) is 16.8 Å². The van der Waals surface area contributed by atoms with E-state index in [-0.39, 0.29) is 17.2 Å². The predicted octanol–water partition coefficient (Wildman–Crippen LogP) is 0.507. The fourth-order valence-corrected chi connectivity index (χ4v) is 2.06. The van der Waals surface area contributed by atoms with Crippen LogP contribution in [0.3, 0.4) is 0 Å². The largest absolute Gasteiger partial charge is 0.349 e. The summed E-state index contributed by atoms with van der Waals surface area (Å²) in [6.07, 6.45) is 0. The predicted molar refractivity (Wildman–Crippen MR) is 78.2 cm³/mol. The fourth-order valence-electron chi connectivity index (χ4n) is 2.06. The maximum atomic E-state index is 12.0. The number of rotatable bonds is 5. The van der Waals surface area contributed by atoms with Crippen LogP contribution in [0.25, 0.3) is 0 Å². The van der Waals surface area contributed by atoms with E-state index in [2.05, 4.69) is 15.5 Å². The van der Waals surface area contributed by atoms with Gasteiger partial charge in [-0.15, -0.1) is 0 Å². The molecule has 7 heteroatoms. The Morgan fingerprint density at radius 1 is 1.24 bits per heavy atom. The summed E-state index contributed by atoms with van der Waals surface area (Å²) < 4.78 is 3.10. The quantitative estimate of drug-likeness (QED) is 0.869. The Bertz CT molecular complexity index is 702. The molecule has 0 atom stereocenters. The lowest BCUT2D eigenvalue weighted by molar-refractivity contribution is 0.0944. The van der Waals surface area contributed by atoms with Crippen LogP contribution in [-0.2, 0) is 13.1 Å². The molecule has 0 aromatic carbocycles. The molecule has 1 N–H and O–H groups in total. The molecule has 0 fully saturated rings. The first-order valence-corrected chi connectivity index (χ1v) is 6.88. The van der Waals surface area contributed by atoms with Crippen molar-refractivity contribution < 1.29 is 4.79 Å². The van der Waals surface area contributed by atoms with Gasteiger partial charge >= 0.3 is 0 Å². The normalized spacial score (nSPS) is 10.6. The highest BCUT2D eigenvalue weighted by atomic mass is 16.2. The van der Waals surface area contributed by atoms with Crippen LogP contribution in [-0.4, -0.2) is 32.0 Å². The molecule has 0 spiro atoms. The number of carbonyl (C=O) groups is 1. The first-order chi connectivity index (χ1) is 10.0. The minimum atomic E-state index is -0.293. The van der Waals surface area contributed by atoms with Crippen molar-refractivity contribution in [1.29, 1.82) is 0 Å². The second-order valence-electron chi connectivity index (χ2n) is 4.78. The topological polar surface area (TPSA) is 81.8 Å². The Hall–Kier alpha value is -2.44. The summed E-state index contributed by atoms with van der Waals surface area (Å²) >= 11 is 0. The number of hydrogen-bond acceptors (Lipinski definition) is 4. The lowest BCUT2D eigenvalue weighted by Crippen LogP contribution is -2.31. The summed E-state index contributed by atoms with van der Waals surface area (Å²) in [5.41, 5.74) is 2.04. The van der Waals surface area contributed by atoms with Gasteiger partial charge in [0, 0.05) is 24.8 Å². The second kappa shape index (κ2) is 6.34. The standard InChI is InChI=1S/C14H19N5O2/c1-4-18-13(20)6-5-12(17-18)14(21)15-7-8-19-11(3)9-10(2)16-19/h5-6,9H,4,7-8H2,1-3H3,(H,15,21). The number of carbonyl (C=O) groups excluding carboxylic acids is 1. The highest BCUT2D eigenvalue weighted by molar-refractivity contribution is 5.91. The van der Waals surface area contributed by atoms with E-state index in [1.807, 2.05) is 24.6 Å². The first kappa shape index (κ1) is 15.0. The zero-order valence-corrected chi connectivity index (χ0v) is 12.5. The van der Waals surface area contributed by atoms with Crippen molar-refractivity contribution in [2.75, 3.05) is 6.54 Å². The van der Waals surface area contributed by atoms with Crippen molar-refractivity contribution in [2.45, 2.75) is 33.9 Å². The van der Waals surface area contributed by atoms with E-state index >= 15 is 0 Å². The smallest absolute Gasteiger partial charge is 0.271 e. The summed E-state index contributed by atoms with van der Waals surface area (Å²) in [6.45, 7) is 7.19. The Morgan fingerprint density at radius 2 is 2.00 bits per heavy atom. The molecule has 112 valence electrons. The zero-order valence-electron chi connectivity index (χ0n) is 12.5. The van der Waals surface area contributed by atoms with Gasteiger partial charge in [-0.3, -0.25) is 14.3 Å². The third-order valence-corrected chi connectivity index (χ3v) is 3.11. The van der Waals surface area contributed by atoms with Crippen LogP contribution in [0.1, 0.15) is 28.8 Å². The lowest BCUT2D eigenvalue weighted by atomic mass is 10.3. The van der Waals surface area contributed by atoms with E-state index in [9.17, 15) is 9.59 Å². The molecule has 0 saturated carbocycles. The summed E-state index contributed by atoms with van der Waals surface area (Å²) in [7, 11) is 0. The minimum Gasteiger partial charge on any atom is -0.349 e. The molecule has 0 aliphatic carbocycles. The minimum absolute atomic E-state index is 0.211. The molecule has 21 heavy (non-hydrogen) atoms. The molecule has 2 rings (SSSR count). The van der Waals surface area contributed by atoms with Crippen molar-refractivity contribution in [2.24, 2.45) is 0 Å². The molecule has 2 aromatic rings. The van der Waals surface area contributed by atoms with Gasteiger partial charge in [0.05, 0.1) is 12.2 Å². The molecule has 0 unspecified atom stereocenters. The zero-order chi connectivity index (χ0) is 15.4. The van der Waals surface area contributed by atoms with Crippen molar-refractivity contribution in [1.82, 2.24) is 24.9 Å². The monoisotopic (exact) mass is 289 g/mol. The number of nitrogens with one attached hydrogen (secondary N) is 1. The maximum Gasteiger partial charge on any atom is 0.271 e. The van der Waals surface area contributed by atoms with Crippen LogP contribution in [0.2, 0.25) is 0 Å². The maximum absolute atomic E-state index is 12.0. The molecular weight excluding hydrogens is 270 g/mol. The molecule has 0 radical (unpaired) electrons. The summed E-state index contributed by atoms with van der Waals surface area (Å²) in [5.74, 6) is -0.293. The van der Waals surface area contributed by atoms with Crippen LogP contribution >= 0.6 is 0 Å². The van der Waals surface area contributed by atoms with Gasteiger partial charge in [-0.05, 0) is 32.9 Å². The van der Waals surface area contributed by atoms with Crippen LogP contribution in [0, 0.1) is 13.8 Å². The van der Waals surface area contributed by atoms with E-state index < -0.39 is 0 Å². The molecule has 1 amide bonds. The Labute approximate surface area is 122 Å². The number of hydrogen-bond donors (Lipinski definition) is 1. The van der Waals surface area contributed by atoms with Gasteiger partial charge < -0.3 is 5.32 Å². The average Bonchev–Trinajstić information content (AvgIpc) is 2.77. The fraction of sp³-hybridized carbons (Fsp3) is 0.429. The second-order valence-corrected chi connectivity index (χ2v) is 4.78. The van der Waals surface area contributed by atoms with Crippen LogP contribution in [0.15, 0.2) is 23.0 Å². The van der Waals surface area contributed by atoms with E-state index in [0.29, 0.717) is 19.6 Å². The Balaban J connectivity index is 1.96. The molecule has 0 aliphatic rings. The number of aromatic nitrogens is 4. The van der Waals surface area contributed by atoms with Crippen molar-refractivity contribution in [3.05, 3.63) is 45.6 Å². The van der Waals surface area contributed by atoms with Crippen LogP contribution in [0.4, 0.5) is 0 Å². The Kier molecular flexibility index (Phi) is 4.52. The lowest BCUT2D eigenvalue weighted by Gasteiger charge is -2.07. The SMILES string of the molecule is CCn1nc(C(=O)NCCn2nc(C)cc2C)ccc1=O. The van der Waals surface area contributed by atoms with Crippen molar-refractivity contribution in [3.8, 4) is 0 Å². The van der Waals surface area contributed by atoms with E-state index in [0.717, 1.165) is 11.4 Å². The molecular formula is C14H19N5O2. The van der Waals surface area contributed by atoms with Gasteiger partial charge in [0.25, 0.3) is 11.5 Å². The van der Waals surface area contributed by atoms with Gasteiger partial charge in [0.15, 0.2) is 0 Å². The van der Waals surface area contributed by atoms with E-state index in [1.54, 1.807) is 6.92 Å². The van der Waals surface area contributed by atoms with Gasteiger partial charge in [-0.25, -0.2) is 4.68 Å². The van der Waals surface area contributed by atoms with Gasteiger partial charge in [-0.1, -0.05) is 0 Å². The number of nitrogens with zero attached hydrogens (tertiary/aromatic N) is 4. The summed E-state index contributed by atoms with van der Waals surface area (Å²) in [6, 6.07) is 4.78. The number of aryl methyl sites for hydroxylation is 3. The molecule has 2 heterocycles. The van der Waals surface area contributed by atoms with Gasteiger partial charge in [-0.2, -0.15) is 10.2 Å². The average molecular weight is 289 g/mol. The van der Waals surface area contributed by atoms with Crippen LogP contribution in [0.5, 0.6) is 0 Å². The molecule has 7 nitrogen and oxygen atoms in total. The molecule has 0 aliphatic heterocycles. The molecule has 2 aromatic heterocycles. The Morgan fingerprint density at radius 3 is 2.62 bits per heavy atom. The van der Waals surface area contributed by atoms with E-state index in [4.69, 9.17) is 0 Å². The van der Waals surface area contributed by atoms with Crippen molar-refractivity contribution in [3.63, 3.8) is 0 Å².